The van der Waals surface area contributed by atoms with Crippen LogP contribution >= 0.6 is 0 Å². The highest BCUT2D eigenvalue weighted by molar-refractivity contribution is 5.74. The van der Waals surface area contributed by atoms with Gasteiger partial charge in [-0.2, -0.15) is 0 Å². The molecule has 0 bridgehead atoms. The number of hydrogen-bond donors (Lipinski definition) is 0. The number of ether oxygens (including phenoxy) is 2. The van der Waals surface area contributed by atoms with Gasteiger partial charge in [-0.3, -0.25) is 4.79 Å². The summed E-state index contributed by atoms with van der Waals surface area (Å²) in [6, 6.07) is 7.92. The molecular weight excluding hydrogens is 230 g/mol. The van der Waals surface area contributed by atoms with Crippen molar-refractivity contribution in [2.75, 3.05) is 34.4 Å². The zero-order chi connectivity index (χ0) is 13.1. The molecule has 1 aromatic carbocycles. The van der Waals surface area contributed by atoms with E-state index in [9.17, 15) is 4.79 Å². The van der Waals surface area contributed by atoms with Crippen LogP contribution in [0.1, 0.15) is 11.5 Å². The summed E-state index contributed by atoms with van der Waals surface area (Å²) in [5.41, 5.74) is 1.16. The molecule has 1 aliphatic heterocycles. The molecule has 1 aliphatic rings. The van der Waals surface area contributed by atoms with Gasteiger partial charge in [0, 0.05) is 19.0 Å². The van der Waals surface area contributed by atoms with Gasteiger partial charge in [-0.05, 0) is 24.7 Å². The van der Waals surface area contributed by atoms with E-state index in [0.717, 1.165) is 24.4 Å². The van der Waals surface area contributed by atoms with E-state index in [-0.39, 0.29) is 17.8 Å². The molecule has 0 saturated carbocycles. The average molecular weight is 249 g/mol. The van der Waals surface area contributed by atoms with Crippen LogP contribution in [0.5, 0.6) is 5.75 Å². The van der Waals surface area contributed by atoms with Crippen molar-refractivity contribution in [3.05, 3.63) is 29.8 Å². The van der Waals surface area contributed by atoms with Gasteiger partial charge in [0.1, 0.15) is 5.75 Å². The molecule has 98 valence electrons. The Morgan fingerprint density at radius 3 is 2.44 bits per heavy atom. The van der Waals surface area contributed by atoms with Gasteiger partial charge in [0.25, 0.3) is 0 Å². The van der Waals surface area contributed by atoms with Crippen molar-refractivity contribution in [1.82, 2.24) is 4.90 Å². The Kier molecular flexibility index (Phi) is 3.87. The molecule has 4 nitrogen and oxygen atoms in total. The van der Waals surface area contributed by atoms with Gasteiger partial charge in [0.15, 0.2) is 0 Å². The molecule has 1 heterocycles. The Bertz CT molecular complexity index is 416. The number of rotatable bonds is 3. The molecule has 2 rings (SSSR count). The number of likely N-dealkylation sites (tertiary alicyclic amines) is 1. The lowest BCUT2D eigenvalue weighted by molar-refractivity contribution is -0.145. The summed E-state index contributed by atoms with van der Waals surface area (Å²) in [6.45, 7) is 1.63. The second-order valence-electron chi connectivity index (χ2n) is 4.73. The molecule has 2 unspecified atom stereocenters. The third-order valence-electron chi connectivity index (χ3n) is 3.55. The van der Waals surface area contributed by atoms with Crippen LogP contribution in [0, 0.1) is 5.92 Å². The van der Waals surface area contributed by atoms with Gasteiger partial charge in [0.2, 0.25) is 0 Å². The highest BCUT2D eigenvalue weighted by atomic mass is 16.5. The number of carbonyl (C=O) groups is 1. The first-order valence-corrected chi connectivity index (χ1v) is 6.06. The summed E-state index contributed by atoms with van der Waals surface area (Å²) in [7, 11) is 5.13. The summed E-state index contributed by atoms with van der Waals surface area (Å²) >= 11 is 0. The summed E-state index contributed by atoms with van der Waals surface area (Å²) in [5.74, 6) is 0.835. The number of benzene rings is 1. The number of likely N-dealkylation sites (N-methyl/N-ethyl adjacent to an activating group) is 1. The van der Waals surface area contributed by atoms with Crippen molar-refractivity contribution in [1.29, 1.82) is 0 Å². The summed E-state index contributed by atoms with van der Waals surface area (Å²) in [5, 5.41) is 0. The average Bonchev–Trinajstić information content (AvgIpc) is 2.80. The van der Waals surface area contributed by atoms with Crippen LogP contribution in [0.4, 0.5) is 0 Å². The number of carbonyl (C=O) groups excluding carboxylic acids is 1. The first-order valence-electron chi connectivity index (χ1n) is 6.06. The SMILES string of the molecule is COC(=O)C1CN(C)CC1c1ccc(OC)cc1. The fourth-order valence-corrected chi connectivity index (χ4v) is 2.58. The van der Waals surface area contributed by atoms with E-state index in [1.165, 1.54) is 7.11 Å². The van der Waals surface area contributed by atoms with Crippen molar-refractivity contribution in [3.8, 4) is 5.75 Å². The maximum Gasteiger partial charge on any atom is 0.310 e. The lowest BCUT2D eigenvalue weighted by Gasteiger charge is -2.16. The van der Waals surface area contributed by atoms with Gasteiger partial charge in [0.05, 0.1) is 20.1 Å². The van der Waals surface area contributed by atoms with Gasteiger partial charge >= 0.3 is 5.97 Å². The molecular formula is C14H19NO3. The molecule has 1 fully saturated rings. The minimum atomic E-state index is -0.125. The zero-order valence-corrected chi connectivity index (χ0v) is 11.1. The van der Waals surface area contributed by atoms with Crippen molar-refractivity contribution in [3.63, 3.8) is 0 Å². The largest absolute Gasteiger partial charge is 0.497 e. The minimum absolute atomic E-state index is 0.0756. The van der Waals surface area contributed by atoms with E-state index in [4.69, 9.17) is 9.47 Å². The second-order valence-corrected chi connectivity index (χ2v) is 4.73. The lowest BCUT2D eigenvalue weighted by atomic mass is 9.89. The van der Waals surface area contributed by atoms with Crippen molar-refractivity contribution >= 4 is 5.97 Å². The predicted molar refractivity (Wildman–Crippen MR) is 68.7 cm³/mol. The number of methoxy groups -OCH3 is 2. The number of hydrogen-bond acceptors (Lipinski definition) is 4. The molecule has 0 radical (unpaired) electrons. The van der Waals surface area contributed by atoms with Gasteiger partial charge in [-0.25, -0.2) is 0 Å². The Labute approximate surface area is 107 Å². The van der Waals surface area contributed by atoms with E-state index >= 15 is 0 Å². The molecule has 18 heavy (non-hydrogen) atoms. The van der Waals surface area contributed by atoms with Crippen LogP contribution in [-0.4, -0.2) is 45.2 Å². The summed E-state index contributed by atoms with van der Waals surface area (Å²) < 4.78 is 10.0. The first-order chi connectivity index (χ1) is 8.65. The number of esters is 1. The molecule has 1 saturated heterocycles. The first kappa shape index (κ1) is 12.9. The van der Waals surface area contributed by atoms with Crippen LogP contribution in [0.3, 0.4) is 0 Å². The molecule has 0 spiro atoms. The fourth-order valence-electron chi connectivity index (χ4n) is 2.58. The topological polar surface area (TPSA) is 38.8 Å². The Hall–Kier alpha value is -1.55. The molecule has 4 heteroatoms. The molecule has 0 amide bonds. The fraction of sp³-hybridized carbons (Fsp3) is 0.500. The summed E-state index contributed by atoms with van der Waals surface area (Å²) in [4.78, 5) is 14.0. The monoisotopic (exact) mass is 249 g/mol. The minimum Gasteiger partial charge on any atom is -0.497 e. The van der Waals surface area contributed by atoms with Crippen LogP contribution in [0.15, 0.2) is 24.3 Å². The van der Waals surface area contributed by atoms with Crippen LogP contribution in [0.25, 0.3) is 0 Å². The van der Waals surface area contributed by atoms with Crippen molar-refractivity contribution < 1.29 is 14.3 Å². The normalized spacial score (nSPS) is 23.9. The van der Waals surface area contributed by atoms with Crippen molar-refractivity contribution in [2.24, 2.45) is 5.92 Å². The molecule has 0 N–H and O–H groups in total. The smallest absolute Gasteiger partial charge is 0.310 e. The van der Waals surface area contributed by atoms with Gasteiger partial charge < -0.3 is 14.4 Å². The number of nitrogens with zero attached hydrogens (tertiary/aromatic N) is 1. The van der Waals surface area contributed by atoms with E-state index in [2.05, 4.69) is 4.90 Å². The van der Waals surface area contributed by atoms with E-state index < -0.39 is 0 Å². The Morgan fingerprint density at radius 1 is 1.22 bits per heavy atom. The maximum atomic E-state index is 11.8. The van der Waals surface area contributed by atoms with E-state index in [1.54, 1.807) is 7.11 Å². The highest BCUT2D eigenvalue weighted by Crippen LogP contribution is 2.33. The highest BCUT2D eigenvalue weighted by Gasteiger charge is 2.37. The van der Waals surface area contributed by atoms with E-state index in [0.29, 0.717) is 0 Å². The Balaban J connectivity index is 2.21. The van der Waals surface area contributed by atoms with Crippen LogP contribution < -0.4 is 4.74 Å². The lowest BCUT2D eigenvalue weighted by Crippen LogP contribution is -2.23. The van der Waals surface area contributed by atoms with Gasteiger partial charge in [-0.1, -0.05) is 12.1 Å². The van der Waals surface area contributed by atoms with Crippen molar-refractivity contribution in [2.45, 2.75) is 5.92 Å². The molecule has 1 aromatic rings. The third kappa shape index (κ3) is 2.48. The van der Waals surface area contributed by atoms with E-state index in [1.807, 2.05) is 31.3 Å². The molecule has 0 aromatic heterocycles. The Morgan fingerprint density at radius 2 is 1.89 bits per heavy atom. The standard InChI is InChI=1S/C14H19NO3/c1-15-8-12(13(9-15)14(16)18-3)10-4-6-11(17-2)7-5-10/h4-7,12-13H,8-9H2,1-3H3. The quantitative estimate of drug-likeness (QED) is 0.761. The molecule has 0 aliphatic carbocycles. The van der Waals surface area contributed by atoms with Crippen LogP contribution in [0.2, 0.25) is 0 Å². The molecule has 2 atom stereocenters. The second kappa shape index (κ2) is 5.40. The third-order valence-corrected chi connectivity index (χ3v) is 3.55. The zero-order valence-electron chi connectivity index (χ0n) is 11.1. The maximum absolute atomic E-state index is 11.8. The van der Waals surface area contributed by atoms with Crippen LogP contribution in [-0.2, 0) is 9.53 Å². The summed E-state index contributed by atoms with van der Waals surface area (Å²) in [6.07, 6.45) is 0. The predicted octanol–water partition coefficient (Wildman–Crippen LogP) is 1.51. The van der Waals surface area contributed by atoms with Gasteiger partial charge in [-0.15, -0.1) is 0 Å².